The molecular weight excluding hydrogens is 176 g/mol. The van der Waals surface area contributed by atoms with Crippen molar-refractivity contribution >= 4 is 5.91 Å². The van der Waals surface area contributed by atoms with Crippen molar-refractivity contribution in [3.63, 3.8) is 0 Å². The molecule has 0 fully saturated rings. The van der Waals surface area contributed by atoms with Crippen LogP contribution in [0.25, 0.3) is 0 Å². The van der Waals surface area contributed by atoms with Gasteiger partial charge in [0.05, 0.1) is 6.42 Å². The number of hydrogen-bond donors (Lipinski definition) is 1. The molecule has 0 radical (unpaired) electrons. The maximum Gasteiger partial charge on any atom is 0.226 e. The molecule has 1 rings (SSSR count). The first-order chi connectivity index (χ1) is 6.47. The highest BCUT2D eigenvalue weighted by Crippen LogP contribution is 2.00. The van der Waals surface area contributed by atoms with Crippen molar-refractivity contribution in [3.05, 3.63) is 30.1 Å². The quantitative estimate of drug-likeness (QED) is 0.772. The molecule has 0 aliphatic carbocycles. The van der Waals surface area contributed by atoms with Gasteiger partial charge in [0.25, 0.3) is 0 Å². The number of aromatic nitrogens is 1. The lowest BCUT2D eigenvalue weighted by atomic mass is 10.1. The molecule has 1 amide bonds. The maximum absolute atomic E-state index is 11.5. The predicted octanol–water partition coefficient (Wildman–Crippen LogP) is 1.54. The first-order valence-corrected chi connectivity index (χ1v) is 4.68. The van der Waals surface area contributed by atoms with Gasteiger partial charge in [0.15, 0.2) is 0 Å². The van der Waals surface area contributed by atoms with Gasteiger partial charge in [0.2, 0.25) is 5.91 Å². The van der Waals surface area contributed by atoms with Gasteiger partial charge in [-0.1, -0.05) is 6.07 Å². The van der Waals surface area contributed by atoms with Crippen molar-refractivity contribution in [3.8, 4) is 0 Å². The Hall–Kier alpha value is -1.38. The lowest BCUT2D eigenvalue weighted by Gasteiger charge is -2.20. The van der Waals surface area contributed by atoms with Crippen LogP contribution in [0.3, 0.4) is 0 Å². The number of carbonyl (C=O) groups is 1. The third-order valence-electron chi connectivity index (χ3n) is 1.58. The molecule has 0 bridgehead atoms. The van der Waals surface area contributed by atoms with E-state index >= 15 is 0 Å². The Kier molecular flexibility index (Phi) is 3.23. The van der Waals surface area contributed by atoms with Gasteiger partial charge in [0.1, 0.15) is 0 Å². The van der Waals surface area contributed by atoms with Crippen LogP contribution in [-0.2, 0) is 11.2 Å². The molecule has 1 heterocycles. The zero-order valence-corrected chi connectivity index (χ0v) is 8.87. The van der Waals surface area contributed by atoms with Crippen molar-refractivity contribution in [2.45, 2.75) is 32.7 Å². The number of hydrogen-bond acceptors (Lipinski definition) is 2. The number of nitrogens with one attached hydrogen (secondary N) is 1. The maximum atomic E-state index is 11.5. The van der Waals surface area contributed by atoms with Crippen molar-refractivity contribution in [2.24, 2.45) is 0 Å². The van der Waals surface area contributed by atoms with Crippen molar-refractivity contribution in [2.75, 3.05) is 0 Å². The SMILES string of the molecule is CC(C)(C)NC(=O)Cc1ccccn1. The number of nitrogens with zero attached hydrogens (tertiary/aromatic N) is 1. The van der Waals surface area contributed by atoms with E-state index < -0.39 is 0 Å². The molecular formula is C11H16N2O. The Bertz CT molecular complexity index is 301. The summed E-state index contributed by atoms with van der Waals surface area (Å²) >= 11 is 0. The molecule has 0 aromatic carbocycles. The second-order valence-electron chi connectivity index (χ2n) is 4.30. The minimum absolute atomic E-state index is 0.0104. The van der Waals surface area contributed by atoms with E-state index in [-0.39, 0.29) is 11.4 Å². The Labute approximate surface area is 84.6 Å². The van der Waals surface area contributed by atoms with E-state index in [1.165, 1.54) is 0 Å². The van der Waals surface area contributed by atoms with Crippen LogP contribution in [0.4, 0.5) is 0 Å². The van der Waals surface area contributed by atoms with E-state index in [1.807, 2.05) is 39.0 Å². The molecule has 1 aromatic rings. The Morgan fingerprint density at radius 2 is 2.14 bits per heavy atom. The van der Waals surface area contributed by atoms with Crippen LogP contribution in [0.1, 0.15) is 26.5 Å². The van der Waals surface area contributed by atoms with Gasteiger partial charge in [0, 0.05) is 17.4 Å². The van der Waals surface area contributed by atoms with Crippen LogP contribution in [0.5, 0.6) is 0 Å². The summed E-state index contributed by atoms with van der Waals surface area (Å²) in [4.78, 5) is 15.6. The van der Waals surface area contributed by atoms with Crippen molar-refractivity contribution in [1.82, 2.24) is 10.3 Å². The molecule has 76 valence electrons. The summed E-state index contributed by atoms with van der Waals surface area (Å²) in [6, 6.07) is 5.57. The van der Waals surface area contributed by atoms with Crippen LogP contribution in [0.15, 0.2) is 24.4 Å². The topological polar surface area (TPSA) is 42.0 Å². The average Bonchev–Trinajstić information content (AvgIpc) is 2.02. The summed E-state index contributed by atoms with van der Waals surface area (Å²) in [6.45, 7) is 5.88. The summed E-state index contributed by atoms with van der Waals surface area (Å²) < 4.78 is 0. The summed E-state index contributed by atoms with van der Waals surface area (Å²) in [7, 11) is 0. The number of amides is 1. The van der Waals surface area contributed by atoms with E-state index in [0.29, 0.717) is 6.42 Å². The fraction of sp³-hybridized carbons (Fsp3) is 0.455. The average molecular weight is 192 g/mol. The number of rotatable bonds is 2. The van der Waals surface area contributed by atoms with Crippen molar-refractivity contribution in [1.29, 1.82) is 0 Å². The third-order valence-corrected chi connectivity index (χ3v) is 1.58. The van der Waals surface area contributed by atoms with E-state index in [9.17, 15) is 4.79 Å². The van der Waals surface area contributed by atoms with Gasteiger partial charge in [-0.2, -0.15) is 0 Å². The summed E-state index contributed by atoms with van der Waals surface area (Å²) in [6.07, 6.45) is 2.04. The number of carbonyl (C=O) groups excluding carboxylic acids is 1. The van der Waals surface area contributed by atoms with Crippen LogP contribution in [-0.4, -0.2) is 16.4 Å². The summed E-state index contributed by atoms with van der Waals surface area (Å²) in [5.41, 5.74) is 0.625. The predicted molar refractivity (Wildman–Crippen MR) is 55.8 cm³/mol. The molecule has 0 aliphatic rings. The zero-order valence-electron chi connectivity index (χ0n) is 8.87. The Morgan fingerprint density at radius 1 is 1.43 bits per heavy atom. The highest BCUT2D eigenvalue weighted by Gasteiger charge is 2.13. The van der Waals surface area contributed by atoms with Gasteiger partial charge in [-0.3, -0.25) is 9.78 Å². The van der Waals surface area contributed by atoms with E-state index in [2.05, 4.69) is 10.3 Å². The molecule has 3 nitrogen and oxygen atoms in total. The summed E-state index contributed by atoms with van der Waals surface area (Å²) in [5.74, 6) is 0.0104. The van der Waals surface area contributed by atoms with Gasteiger partial charge in [-0.15, -0.1) is 0 Å². The smallest absolute Gasteiger partial charge is 0.226 e. The number of pyridine rings is 1. The highest BCUT2D eigenvalue weighted by atomic mass is 16.1. The lowest BCUT2D eigenvalue weighted by molar-refractivity contribution is -0.121. The van der Waals surface area contributed by atoms with Gasteiger partial charge in [-0.25, -0.2) is 0 Å². The molecule has 0 aliphatic heterocycles. The fourth-order valence-electron chi connectivity index (χ4n) is 1.13. The normalized spacial score (nSPS) is 11.1. The molecule has 0 saturated carbocycles. The molecule has 14 heavy (non-hydrogen) atoms. The fourth-order valence-corrected chi connectivity index (χ4v) is 1.13. The summed E-state index contributed by atoms with van der Waals surface area (Å²) in [5, 5.41) is 2.89. The van der Waals surface area contributed by atoms with Crippen LogP contribution >= 0.6 is 0 Å². The second-order valence-corrected chi connectivity index (χ2v) is 4.30. The minimum Gasteiger partial charge on any atom is -0.351 e. The van der Waals surface area contributed by atoms with Crippen molar-refractivity contribution < 1.29 is 4.79 Å². The molecule has 3 heteroatoms. The standard InChI is InChI=1S/C11H16N2O/c1-11(2,3)13-10(14)8-9-6-4-5-7-12-9/h4-7H,8H2,1-3H3,(H,13,14). The van der Waals surface area contributed by atoms with Gasteiger partial charge < -0.3 is 5.32 Å². The van der Waals surface area contributed by atoms with Crippen LogP contribution in [0, 0.1) is 0 Å². The van der Waals surface area contributed by atoms with Crippen LogP contribution < -0.4 is 5.32 Å². The zero-order chi connectivity index (χ0) is 10.6. The third kappa shape index (κ3) is 4.03. The lowest BCUT2D eigenvalue weighted by Crippen LogP contribution is -2.41. The van der Waals surface area contributed by atoms with Gasteiger partial charge >= 0.3 is 0 Å². The van der Waals surface area contributed by atoms with E-state index in [1.54, 1.807) is 6.20 Å². The second kappa shape index (κ2) is 4.22. The van der Waals surface area contributed by atoms with E-state index in [4.69, 9.17) is 0 Å². The molecule has 0 unspecified atom stereocenters. The van der Waals surface area contributed by atoms with Crippen LogP contribution in [0.2, 0.25) is 0 Å². The minimum atomic E-state index is -0.175. The molecule has 0 atom stereocenters. The Morgan fingerprint density at radius 3 is 2.64 bits per heavy atom. The first-order valence-electron chi connectivity index (χ1n) is 4.68. The first kappa shape index (κ1) is 10.7. The van der Waals surface area contributed by atoms with E-state index in [0.717, 1.165) is 5.69 Å². The van der Waals surface area contributed by atoms with Gasteiger partial charge in [-0.05, 0) is 32.9 Å². The Balaban J connectivity index is 2.50. The monoisotopic (exact) mass is 192 g/mol. The largest absolute Gasteiger partial charge is 0.351 e. The molecule has 0 saturated heterocycles. The highest BCUT2D eigenvalue weighted by molar-refractivity contribution is 5.78. The molecule has 1 aromatic heterocycles. The molecule has 1 N–H and O–H groups in total. The molecule has 0 spiro atoms.